The van der Waals surface area contributed by atoms with Gasteiger partial charge in [-0.1, -0.05) is 36.8 Å². The Morgan fingerprint density at radius 3 is 2.73 bits per heavy atom. The van der Waals surface area contributed by atoms with Crippen LogP contribution in [0, 0.1) is 12.8 Å². The maximum Gasteiger partial charge on any atom is 0.352 e. The molecule has 1 aliphatic carbocycles. The molecule has 1 aromatic carbocycles. The summed E-state index contributed by atoms with van der Waals surface area (Å²) in [5, 5.41) is 10.4. The first-order chi connectivity index (χ1) is 12.4. The maximum absolute atomic E-state index is 13.2. The molecule has 1 atom stereocenters. The average Bonchev–Trinajstić information content (AvgIpc) is 2.96. The lowest BCUT2D eigenvalue weighted by Crippen LogP contribution is -2.27. The van der Waals surface area contributed by atoms with Crippen LogP contribution in [0.4, 0.5) is 0 Å². The van der Waals surface area contributed by atoms with Crippen molar-refractivity contribution < 1.29 is 9.90 Å². The minimum Gasteiger partial charge on any atom is -0.477 e. The maximum atomic E-state index is 13.2. The number of hydrogen-bond donors (Lipinski definition) is 1. The number of nitrogens with zero attached hydrogens (tertiary/aromatic N) is 1. The molecule has 2 heterocycles. The Bertz CT molecular complexity index is 1060. The fraction of sp³-hybridized carbons (Fsp3) is 0.333. The zero-order chi connectivity index (χ0) is 18.4. The standard InChI is InChI=1S/C21H21NO3S/c1-12-3-6-14(7-4-12)11-22-16(21(24)25)10-18-19(20(22)23)15-8-5-13(2)9-17(15)26-18/h3-4,6-7,10,13H,5,8-9,11H2,1-2H3,(H,24,25). The number of aryl methyl sites for hydroxylation is 2. The molecule has 0 aliphatic heterocycles. The molecule has 0 amide bonds. The van der Waals surface area contributed by atoms with Gasteiger partial charge in [-0.15, -0.1) is 11.3 Å². The molecule has 0 radical (unpaired) electrons. The summed E-state index contributed by atoms with van der Waals surface area (Å²) in [6.45, 7) is 4.51. The van der Waals surface area contributed by atoms with Crippen molar-refractivity contribution in [3.05, 3.63) is 67.9 Å². The normalized spacial score (nSPS) is 16.6. The zero-order valence-electron chi connectivity index (χ0n) is 14.9. The van der Waals surface area contributed by atoms with Gasteiger partial charge in [0.05, 0.1) is 11.9 Å². The quantitative estimate of drug-likeness (QED) is 0.753. The highest BCUT2D eigenvalue weighted by Crippen LogP contribution is 2.37. The van der Waals surface area contributed by atoms with Crippen LogP contribution in [-0.4, -0.2) is 15.6 Å². The van der Waals surface area contributed by atoms with Crippen molar-refractivity contribution in [2.75, 3.05) is 0 Å². The molecule has 0 saturated heterocycles. The number of carboxylic acids is 1. The van der Waals surface area contributed by atoms with E-state index in [9.17, 15) is 14.7 Å². The van der Waals surface area contributed by atoms with Crippen molar-refractivity contribution in [2.45, 2.75) is 39.7 Å². The van der Waals surface area contributed by atoms with Gasteiger partial charge in [0.25, 0.3) is 5.56 Å². The monoisotopic (exact) mass is 367 g/mol. The molecule has 1 unspecified atom stereocenters. The van der Waals surface area contributed by atoms with Gasteiger partial charge in [0.2, 0.25) is 0 Å². The fourth-order valence-electron chi connectivity index (χ4n) is 3.76. The van der Waals surface area contributed by atoms with Gasteiger partial charge in [-0.05, 0) is 49.3 Å². The lowest BCUT2D eigenvalue weighted by molar-refractivity contribution is 0.0684. The SMILES string of the molecule is Cc1ccc(Cn2c(C(=O)O)cc3sc4c(c3c2=O)CCC(C)C4)cc1. The second-order valence-corrected chi connectivity index (χ2v) is 8.44. The summed E-state index contributed by atoms with van der Waals surface area (Å²) in [5.41, 5.74) is 3.10. The van der Waals surface area contributed by atoms with Crippen LogP contribution in [0.5, 0.6) is 0 Å². The van der Waals surface area contributed by atoms with E-state index in [1.54, 1.807) is 17.4 Å². The van der Waals surface area contributed by atoms with Gasteiger partial charge in [-0.25, -0.2) is 4.79 Å². The Morgan fingerprint density at radius 1 is 1.31 bits per heavy atom. The van der Waals surface area contributed by atoms with Crippen LogP contribution < -0.4 is 5.56 Å². The Kier molecular flexibility index (Phi) is 4.19. The molecule has 0 saturated carbocycles. The number of pyridine rings is 1. The Balaban J connectivity index is 1.91. The molecular formula is C21H21NO3S. The predicted octanol–water partition coefficient (Wildman–Crippen LogP) is 4.24. The lowest BCUT2D eigenvalue weighted by Gasteiger charge is -2.18. The minimum absolute atomic E-state index is 0.0646. The van der Waals surface area contributed by atoms with Gasteiger partial charge < -0.3 is 5.11 Å². The average molecular weight is 367 g/mol. The van der Waals surface area contributed by atoms with Crippen LogP contribution in [-0.2, 0) is 19.4 Å². The number of fused-ring (bicyclic) bond motifs is 3. The molecule has 0 fully saturated rings. The molecule has 26 heavy (non-hydrogen) atoms. The van der Waals surface area contributed by atoms with Crippen molar-refractivity contribution in [1.82, 2.24) is 4.57 Å². The van der Waals surface area contributed by atoms with Crippen LogP contribution in [0.1, 0.15) is 45.4 Å². The molecule has 2 aromatic heterocycles. The van der Waals surface area contributed by atoms with Crippen molar-refractivity contribution >= 4 is 27.4 Å². The summed E-state index contributed by atoms with van der Waals surface area (Å²) in [6, 6.07) is 9.53. The first kappa shape index (κ1) is 17.0. The number of thiophene rings is 1. The van der Waals surface area contributed by atoms with Gasteiger partial charge >= 0.3 is 5.97 Å². The summed E-state index contributed by atoms with van der Waals surface area (Å²) in [5.74, 6) is -0.444. The number of aromatic nitrogens is 1. The van der Waals surface area contributed by atoms with Crippen molar-refractivity contribution in [3.63, 3.8) is 0 Å². The van der Waals surface area contributed by atoms with E-state index in [0.29, 0.717) is 5.92 Å². The van der Waals surface area contributed by atoms with E-state index in [4.69, 9.17) is 0 Å². The molecule has 0 bridgehead atoms. The number of aromatic carboxylic acids is 1. The molecule has 0 spiro atoms. The molecular weight excluding hydrogens is 346 g/mol. The molecule has 5 heteroatoms. The van der Waals surface area contributed by atoms with Gasteiger partial charge in [-0.2, -0.15) is 0 Å². The van der Waals surface area contributed by atoms with E-state index < -0.39 is 5.97 Å². The topological polar surface area (TPSA) is 59.3 Å². The van der Waals surface area contributed by atoms with E-state index in [1.165, 1.54) is 9.44 Å². The highest BCUT2D eigenvalue weighted by atomic mass is 32.1. The smallest absolute Gasteiger partial charge is 0.352 e. The number of carbonyl (C=O) groups is 1. The second-order valence-electron chi connectivity index (χ2n) is 7.30. The Labute approximate surface area is 155 Å². The summed E-state index contributed by atoms with van der Waals surface area (Å²) in [6.07, 6.45) is 2.97. The molecule has 4 nitrogen and oxygen atoms in total. The second kappa shape index (κ2) is 6.40. The molecule has 1 N–H and O–H groups in total. The third-order valence-corrected chi connectivity index (χ3v) is 6.44. The highest BCUT2D eigenvalue weighted by molar-refractivity contribution is 7.19. The van der Waals surface area contributed by atoms with Crippen molar-refractivity contribution in [3.8, 4) is 0 Å². The van der Waals surface area contributed by atoms with Crippen LogP contribution in [0.25, 0.3) is 10.1 Å². The van der Waals surface area contributed by atoms with E-state index in [-0.39, 0.29) is 17.8 Å². The summed E-state index contributed by atoms with van der Waals surface area (Å²) < 4.78 is 2.23. The Morgan fingerprint density at radius 2 is 2.04 bits per heavy atom. The van der Waals surface area contributed by atoms with Crippen molar-refractivity contribution in [2.24, 2.45) is 5.92 Å². The first-order valence-corrected chi connectivity index (χ1v) is 9.72. The van der Waals surface area contributed by atoms with Gasteiger partial charge in [0, 0.05) is 9.58 Å². The van der Waals surface area contributed by atoms with E-state index in [0.717, 1.165) is 46.0 Å². The number of carboxylic acid groups (broad SMARTS) is 1. The molecule has 1 aliphatic rings. The van der Waals surface area contributed by atoms with E-state index in [1.807, 2.05) is 31.2 Å². The Hall–Kier alpha value is -2.40. The molecule has 4 rings (SSSR count). The van der Waals surface area contributed by atoms with Crippen molar-refractivity contribution in [1.29, 1.82) is 0 Å². The van der Waals surface area contributed by atoms with Gasteiger partial charge in [0.1, 0.15) is 5.69 Å². The van der Waals surface area contributed by atoms with E-state index in [2.05, 4.69) is 6.92 Å². The van der Waals surface area contributed by atoms with Gasteiger partial charge in [-0.3, -0.25) is 9.36 Å². The van der Waals surface area contributed by atoms with Crippen LogP contribution in [0.15, 0.2) is 35.1 Å². The van der Waals surface area contributed by atoms with Crippen LogP contribution >= 0.6 is 11.3 Å². The fourth-order valence-corrected chi connectivity index (χ4v) is 5.21. The minimum atomic E-state index is -1.06. The number of rotatable bonds is 3. The third kappa shape index (κ3) is 2.86. The zero-order valence-corrected chi connectivity index (χ0v) is 15.7. The lowest BCUT2D eigenvalue weighted by atomic mass is 9.89. The van der Waals surface area contributed by atoms with Crippen LogP contribution in [0.3, 0.4) is 0 Å². The summed E-state index contributed by atoms with van der Waals surface area (Å²) >= 11 is 1.59. The van der Waals surface area contributed by atoms with E-state index >= 15 is 0 Å². The van der Waals surface area contributed by atoms with Gasteiger partial charge in [0.15, 0.2) is 0 Å². The largest absolute Gasteiger partial charge is 0.477 e. The third-order valence-electron chi connectivity index (χ3n) is 5.24. The number of benzene rings is 1. The summed E-state index contributed by atoms with van der Waals surface area (Å²) in [4.78, 5) is 26.3. The predicted molar refractivity (Wildman–Crippen MR) is 105 cm³/mol. The molecule has 134 valence electrons. The van der Waals surface area contributed by atoms with Crippen LogP contribution in [0.2, 0.25) is 0 Å². The first-order valence-electron chi connectivity index (χ1n) is 8.91. The number of hydrogen-bond acceptors (Lipinski definition) is 3. The highest BCUT2D eigenvalue weighted by Gasteiger charge is 2.25. The molecule has 3 aromatic rings. The summed E-state index contributed by atoms with van der Waals surface area (Å²) in [7, 11) is 0.